The number of rotatable bonds is 5. The second-order valence-electron chi connectivity index (χ2n) is 5.67. The van der Waals surface area contributed by atoms with Crippen LogP contribution < -0.4 is 5.32 Å². The third kappa shape index (κ3) is 4.31. The fourth-order valence-corrected chi connectivity index (χ4v) is 2.95. The van der Waals surface area contributed by atoms with Gasteiger partial charge in [0.1, 0.15) is 6.04 Å². The number of carbonyl (C=O) groups excluding carboxylic acids is 1. The Morgan fingerprint density at radius 1 is 1.33 bits per heavy atom. The number of hydrogen-bond acceptors (Lipinski definition) is 4. The number of aliphatic carboxylic acids is 1. The van der Waals surface area contributed by atoms with Gasteiger partial charge in [0.2, 0.25) is 0 Å². The van der Waals surface area contributed by atoms with Crippen molar-refractivity contribution in [2.45, 2.75) is 38.3 Å². The molecule has 2 atom stereocenters. The van der Waals surface area contributed by atoms with Gasteiger partial charge in [-0.3, -0.25) is 4.90 Å². The van der Waals surface area contributed by atoms with Gasteiger partial charge in [-0.25, -0.2) is 9.59 Å². The normalized spacial score (nSPS) is 24.8. The highest BCUT2D eigenvalue weighted by atomic mass is 16.5. The van der Waals surface area contributed by atoms with Crippen molar-refractivity contribution in [3.05, 3.63) is 0 Å². The first kappa shape index (κ1) is 16.0. The van der Waals surface area contributed by atoms with Crippen LogP contribution in [0.4, 0.5) is 4.79 Å². The fourth-order valence-electron chi connectivity index (χ4n) is 2.95. The number of hydrogen-bond donors (Lipinski definition) is 2. The largest absolute Gasteiger partial charge is 0.480 e. The Bertz CT molecular complexity index is 371. The first-order chi connectivity index (χ1) is 10.1. The molecular formula is C14H25N3O4. The van der Waals surface area contributed by atoms with Gasteiger partial charge in [-0.05, 0) is 12.8 Å². The zero-order valence-electron chi connectivity index (χ0n) is 12.6. The molecular weight excluding hydrogens is 274 g/mol. The molecule has 2 aliphatic rings. The molecule has 0 aromatic rings. The highest BCUT2D eigenvalue weighted by molar-refractivity contribution is 5.82. The van der Waals surface area contributed by atoms with Crippen molar-refractivity contribution < 1.29 is 19.4 Å². The molecule has 0 saturated carbocycles. The van der Waals surface area contributed by atoms with Gasteiger partial charge in [-0.2, -0.15) is 0 Å². The van der Waals surface area contributed by atoms with Crippen molar-refractivity contribution in [3.8, 4) is 0 Å². The topological polar surface area (TPSA) is 82.1 Å². The van der Waals surface area contributed by atoms with E-state index >= 15 is 0 Å². The zero-order chi connectivity index (χ0) is 15.2. The van der Waals surface area contributed by atoms with Crippen molar-refractivity contribution in [2.24, 2.45) is 0 Å². The van der Waals surface area contributed by atoms with Crippen molar-refractivity contribution in [1.29, 1.82) is 0 Å². The molecule has 2 heterocycles. The smallest absolute Gasteiger partial charge is 0.326 e. The summed E-state index contributed by atoms with van der Waals surface area (Å²) in [6.07, 6.45) is 2.13. The zero-order valence-corrected chi connectivity index (χ0v) is 12.6. The monoisotopic (exact) mass is 299 g/mol. The molecule has 0 bridgehead atoms. The molecule has 2 rings (SSSR count). The summed E-state index contributed by atoms with van der Waals surface area (Å²) in [5, 5.41) is 11.7. The van der Waals surface area contributed by atoms with Gasteiger partial charge in [-0.15, -0.1) is 0 Å². The maximum atomic E-state index is 12.2. The van der Waals surface area contributed by atoms with Crippen LogP contribution in [0.3, 0.4) is 0 Å². The molecule has 21 heavy (non-hydrogen) atoms. The molecule has 2 N–H and O–H groups in total. The molecule has 2 saturated heterocycles. The summed E-state index contributed by atoms with van der Waals surface area (Å²) in [7, 11) is 0. The molecule has 2 aliphatic heterocycles. The van der Waals surface area contributed by atoms with Gasteiger partial charge in [0.25, 0.3) is 0 Å². The summed E-state index contributed by atoms with van der Waals surface area (Å²) in [5.74, 6) is -0.964. The summed E-state index contributed by atoms with van der Waals surface area (Å²) in [4.78, 5) is 27.4. The summed E-state index contributed by atoms with van der Waals surface area (Å²) < 4.78 is 5.34. The van der Waals surface area contributed by atoms with Gasteiger partial charge >= 0.3 is 12.0 Å². The minimum Gasteiger partial charge on any atom is -0.480 e. The number of carboxylic acids is 1. The van der Waals surface area contributed by atoms with Gasteiger partial charge in [0, 0.05) is 32.2 Å². The predicted molar refractivity (Wildman–Crippen MR) is 77.2 cm³/mol. The molecule has 7 nitrogen and oxygen atoms in total. The van der Waals surface area contributed by atoms with E-state index in [1.165, 1.54) is 0 Å². The van der Waals surface area contributed by atoms with E-state index < -0.39 is 12.0 Å². The maximum Gasteiger partial charge on any atom is 0.326 e. The van der Waals surface area contributed by atoms with Crippen molar-refractivity contribution in [1.82, 2.24) is 15.1 Å². The number of likely N-dealkylation sites (tertiary alicyclic amines) is 1. The lowest BCUT2D eigenvalue weighted by atomic mass is 10.2. The number of carbonyl (C=O) groups is 2. The van der Waals surface area contributed by atoms with Crippen LogP contribution in [0.15, 0.2) is 0 Å². The summed E-state index contributed by atoms with van der Waals surface area (Å²) in [6, 6.07) is -0.675. The predicted octanol–water partition coefficient (Wildman–Crippen LogP) is 0.356. The van der Waals surface area contributed by atoms with E-state index in [2.05, 4.69) is 10.2 Å². The SMILES string of the molecule is CCC[C@@H](NC(=O)N1CCC(N2CCOCC2)C1)C(=O)O. The van der Waals surface area contributed by atoms with Gasteiger partial charge in [0.05, 0.1) is 13.2 Å². The number of morpholine rings is 1. The second kappa shape index (κ2) is 7.61. The average molecular weight is 299 g/mol. The van der Waals surface area contributed by atoms with Gasteiger partial charge in [-0.1, -0.05) is 13.3 Å². The molecule has 7 heteroatoms. The number of nitrogens with zero attached hydrogens (tertiary/aromatic N) is 2. The molecule has 0 aliphatic carbocycles. The third-order valence-electron chi connectivity index (χ3n) is 4.19. The summed E-state index contributed by atoms with van der Waals surface area (Å²) in [5.41, 5.74) is 0. The molecule has 0 radical (unpaired) electrons. The quantitative estimate of drug-likeness (QED) is 0.766. The number of ether oxygens (including phenoxy) is 1. The first-order valence-electron chi connectivity index (χ1n) is 7.72. The Kier molecular flexibility index (Phi) is 5.81. The third-order valence-corrected chi connectivity index (χ3v) is 4.19. The van der Waals surface area contributed by atoms with E-state index in [0.29, 0.717) is 25.6 Å². The number of carboxylic acid groups (broad SMARTS) is 1. The van der Waals surface area contributed by atoms with Crippen molar-refractivity contribution in [3.63, 3.8) is 0 Å². The molecule has 0 spiro atoms. The Balaban J connectivity index is 1.82. The van der Waals surface area contributed by atoms with Crippen LogP contribution in [0.2, 0.25) is 0 Å². The van der Waals surface area contributed by atoms with Gasteiger partial charge in [0.15, 0.2) is 0 Å². The van der Waals surface area contributed by atoms with E-state index in [4.69, 9.17) is 9.84 Å². The minimum absolute atomic E-state index is 0.258. The van der Waals surface area contributed by atoms with Crippen molar-refractivity contribution in [2.75, 3.05) is 39.4 Å². The fraction of sp³-hybridized carbons (Fsp3) is 0.857. The van der Waals surface area contributed by atoms with Crippen LogP contribution in [0.25, 0.3) is 0 Å². The van der Waals surface area contributed by atoms with E-state index in [1.54, 1.807) is 4.90 Å². The van der Waals surface area contributed by atoms with Crippen molar-refractivity contribution >= 4 is 12.0 Å². The minimum atomic E-state index is -0.964. The molecule has 0 aromatic carbocycles. The van der Waals surface area contributed by atoms with E-state index in [-0.39, 0.29) is 6.03 Å². The van der Waals surface area contributed by atoms with E-state index in [1.807, 2.05) is 6.92 Å². The first-order valence-corrected chi connectivity index (χ1v) is 7.72. The Morgan fingerprint density at radius 2 is 2.05 bits per heavy atom. The molecule has 1 unspecified atom stereocenters. The lowest BCUT2D eigenvalue weighted by molar-refractivity contribution is -0.139. The number of nitrogens with one attached hydrogen (secondary N) is 1. The Hall–Kier alpha value is -1.34. The molecule has 120 valence electrons. The molecule has 2 amide bonds. The average Bonchev–Trinajstić information content (AvgIpc) is 2.97. The summed E-state index contributed by atoms with van der Waals surface area (Å²) >= 11 is 0. The van der Waals surface area contributed by atoms with Crippen LogP contribution in [-0.4, -0.2) is 78.4 Å². The van der Waals surface area contributed by atoms with Crippen LogP contribution in [0.1, 0.15) is 26.2 Å². The standard InChI is InChI=1S/C14H25N3O4/c1-2-3-12(13(18)19)15-14(20)17-5-4-11(10-17)16-6-8-21-9-7-16/h11-12H,2-10H2,1H3,(H,15,20)(H,18,19)/t11?,12-/m1/s1. The van der Waals surface area contributed by atoms with Crippen LogP contribution in [-0.2, 0) is 9.53 Å². The summed E-state index contributed by atoms with van der Waals surface area (Å²) in [6.45, 7) is 6.59. The van der Waals surface area contributed by atoms with Crippen LogP contribution in [0.5, 0.6) is 0 Å². The lowest BCUT2D eigenvalue weighted by Crippen LogP contribution is -2.49. The second-order valence-corrected chi connectivity index (χ2v) is 5.67. The number of urea groups is 1. The molecule has 2 fully saturated rings. The van der Waals surface area contributed by atoms with Crippen LogP contribution >= 0.6 is 0 Å². The highest BCUT2D eigenvalue weighted by Crippen LogP contribution is 2.17. The Labute approximate surface area is 125 Å². The van der Waals surface area contributed by atoms with Gasteiger partial charge < -0.3 is 20.1 Å². The number of amides is 2. The lowest BCUT2D eigenvalue weighted by Gasteiger charge is -2.32. The molecule has 0 aromatic heterocycles. The maximum absolute atomic E-state index is 12.2. The van der Waals surface area contributed by atoms with E-state index in [9.17, 15) is 9.59 Å². The van der Waals surface area contributed by atoms with E-state index in [0.717, 1.165) is 39.1 Å². The highest BCUT2D eigenvalue weighted by Gasteiger charge is 2.32. The van der Waals surface area contributed by atoms with Crippen LogP contribution in [0, 0.1) is 0 Å². The Morgan fingerprint density at radius 3 is 2.67 bits per heavy atom.